The van der Waals surface area contributed by atoms with Crippen LogP contribution in [-0.2, 0) is 0 Å². The summed E-state index contributed by atoms with van der Waals surface area (Å²) < 4.78 is 0. The van der Waals surface area contributed by atoms with Crippen LogP contribution in [0.3, 0.4) is 0 Å². The molecule has 90 valence electrons. The van der Waals surface area contributed by atoms with Gasteiger partial charge in [0, 0.05) is 10.9 Å². The van der Waals surface area contributed by atoms with Crippen molar-refractivity contribution in [2.24, 2.45) is 0 Å². The zero-order chi connectivity index (χ0) is 12.4. The number of aromatic nitrogens is 1. The molecule has 3 aromatic rings. The Kier molecular flexibility index (Phi) is 3.21. The van der Waals surface area contributed by atoms with Crippen LogP contribution < -0.4 is 0 Å². The zero-order valence-electron chi connectivity index (χ0n) is 9.55. The van der Waals surface area contributed by atoms with Gasteiger partial charge in [-0.1, -0.05) is 24.3 Å². The number of carbonyl (C=O) groups excluding carboxylic acids is 1. The summed E-state index contributed by atoms with van der Waals surface area (Å²) in [5.74, 6) is 0.668. The van der Waals surface area contributed by atoms with E-state index in [4.69, 9.17) is 0 Å². The minimum Gasteiger partial charge on any atom is -0.350 e. The summed E-state index contributed by atoms with van der Waals surface area (Å²) in [4.78, 5) is 16.0. The number of rotatable bonds is 4. The molecule has 1 aromatic carbocycles. The molecule has 0 radical (unpaired) electrons. The number of para-hydroxylation sites is 1. The Morgan fingerprint density at radius 1 is 1.22 bits per heavy atom. The molecule has 0 aliphatic heterocycles. The number of carbonyl (C=O) groups is 1. The van der Waals surface area contributed by atoms with Gasteiger partial charge in [-0.05, 0) is 23.6 Å². The highest BCUT2D eigenvalue weighted by Gasteiger charge is 2.08. The van der Waals surface area contributed by atoms with E-state index in [1.54, 1.807) is 11.8 Å². The normalized spacial score (nSPS) is 10.9. The van der Waals surface area contributed by atoms with Crippen molar-refractivity contribution in [3.8, 4) is 0 Å². The SMILES string of the molecule is O=C(CSc1cc2ccccc2[nH]1)c1cccs1. The van der Waals surface area contributed by atoms with Crippen LogP contribution in [0.4, 0.5) is 0 Å². The van der Waals surface area contributed by atoms with Crippen molar-refractivity contribution in [3.63, 3.8) is 0 Å². The van der Waals surface area contributed by atoms with Crippen molar-refractivity contribution in [1.29, 1.82) is 0 Å². The minimum absolute atomic E-state index is 0.189. The van der Waals surface area contributed by atoms with Gasteiger partial charge in [0.05, 0.1) is 15.7 Å². The Labute approximate surface area is 113 Å². The van der Waals surface area contributed by atoms with Gasteiger partial charge in [0.1, 0.15) is 0 Å². The number of fused-ring (bicyclic) bond motifs is 1. The van der Waals surface area contributed by atoms with Crippen LogP contribution in [-0.4, -0.2) is 16.5 Å². The van der Waals surface area contributed by atoms with E-state index in [-0.39, 0.29) is 5.78 Å². The topological polar surface area (TPSA) is 32.9 Å². The third kappa shape index (κ3) is 2.35. The van der Waals surface area contributed by atoms with Gasteiger partial charge in [-0.2, -0.15) is 0 Å². The van der Waals surface area contributed by atoms with Crippen molar-refractivity contribution in [2.45, 2.75) is 5.03 Å². The van der Waals surface area contributed by atoms with Gasteiger partial charge in [0.25, 0.3) is 0 Å². The molecule has 18 heavy (non-hydrogen) atoms. The molecule has 0 saturated carbocycles. The summed E-state index contributed by atoms with van der Waals surface area (Å²) in [5, 5.41) is 4.16. The molecule has 2 nitrogen and oxygen atoms in total. The van der Waals surface area contributed by atoms with Crippen molar-refractivity contribution in [1.82, 2.24) is 4.98 Å². The first-order chi connectivity index (χ1) is 8.83. The second kappa shape index (κ2) is 5.00. The number of benzene rings is 1. The summed E-state index contributed by atoms with van der Waals surface area (Å²) in [5.41, 5.74) is 1.11. The van der Waals surface area contributed by atoms with Gasteiger partial charge in [-0.25, -0.2) is 0 Å². The molecule has 0 spiro atoms. The molecule has 2 heterocycles. The Morgan fingerprint density at radius 3 is 2.89 bits per heavy atom. The summed E-state index contributed by atoms with van der Waals surface area (Å²) in [6, 6.07) is 14.0. The predicted octanol–water partition coefficient (Wildman–Crippen LogP) is 4.20. The smallest absolute Gasteiger partial charge is 0.183 e. The van der Waals surface area contributed by atoms with E-state index in [0.29, 0.717) is 5.75 Å². The van der Waals surface area contributed by atoms with Gasteiger partial charge < -0.3 is 4.98 Å². The Bertz CT molecular complexity index is 637. The number of ketones is 1. The fraction of sp³-hybridized carbons (Fsp3) is 0.0714. The fourth-order valence-corrected chi connectivity index (χ4v) is 3.37. The molecule has 4 heteroatoms. The highest BCUT2D eigenvalue weighted by molar-refractivity contribution is 8.00. The lowest BCUT2D eigenvalue weighted by Crippen LogP contribution is -1.98. The van der Waals surface area contributed by atoms with Crippen LogP contribution >= 0.6 is 23.1 Å². The third-order valence-electron chi connectivity index (χ3n) is 2.66. The Hall–Kier alpha value is -1.52. The quantitative estimate of drug-likeness (QED) is 0.570. The van der Waals surface area contributed by atoms with Gasteiger partial charge >= 0.3 is 0 Å². The monoisotopic (exact) mass is 273 g/mol. The lowest BCUT2D eigenvalue weighted by Gasteiger charge is -1.96. The molecule has 0 aliphatic rings. The number of hydrogen-bond donors (Lipinski definition) is 1. The summed E-state index contributed by atoms with van der Waals surface area (Å²) in [7, 11) is 0. The molecule has 0 aliphatic carbocycles. The number of Topliss-reactive ketones (excluding diaryl/α,β-unsaturated/α-hetero) is 1. The largest absolute Gasteiger partial charge is 0.350 e. The van der Waals surface area contributed by atoms with Crippen molar-refractivity contribution >= 4 is 39.8 Å². The molecule has 3 rings (SSSR count). The Morgan fingerprint density at radius 2 is 2.11 bits per heavy atom. The van der Waals surface area contributed by atoms with E-state index in [0.717, 1.165) is 15.4 Å². The van der Waals surface area contributed by atoms with Crippen molar-refractivity contribution in [2.75, 3.05) is 5.75 Å². The predicted molar refractivity (Wildman–Crippen MR) is 77.7 cm³/mol. The van der Waals surface area contributed by atoms with Crippen LogP contribution in [0.1, 0.15) is 9.67 Å². The molecular formula is C14H11NOS2. The molecule has 0 unspecified atom stereocenters. The maximum atomic E-state index is 11.9. The number of thiophene rings is 1. The van der Waals surface area contributed by atoms with E-state index in [9.17, 15) is 4.79 Å². The fourth-order valence-electron chi connectivity index (χ4n) is 1.78. The van der Waals surface area contributed by atoms with Crippen molar-refractivity contribution < 1.29 is 4.79 Å². The van der Waals surface area contributed by atoms with Crippen LogP contribution in [0.15, 0.2) is 52.9 Å². The molecule has 0 atom stereocenters. The maximum Gasteiger partial charge on any atom is 0.183 e. The standard InChI is InChI=1S/C14H11NOS2/c16-12(13-6-3-7-17-13)9-18-14-8-10-4-1-2-5-11(10)15-14/h1-8,15H,9H2. The number of H-pyrrole nitrogens is 1. The van der Waals surface area contributed by atoms with E-state index >= 15 is 0 Å². The molecular weight excluding hydrogens is 262 g/mol. The molecule has 1 N–H and O–H groups in total. The maximum absolute atomic E-state index is 11.9. The first-order valence-electron chi connectivity index (χ1n) is 5.60. The van der Waals surface area contributed by atoms with Gasteiger partial charge in [0.15, 0.2) is 5.78 Å². The van der Waals surface area contributed by atoms with Crippen LogP contribution in [0, 0.1) is 0 Å². The van der Waals surface area contributed by atoms with E-state index < -0.39 is 0 Å². The highest BCUT2D eigenvalue weighted by Crippen LogP contribution is 2.24. The average molecular weight is 273 g/mol. The summed E-state index contributed by atoms with van der Waals surface area (Å²) in [6.07, 6.45) is 0. The van der Waals surface area contributed by atoms with Crippen molar-refractivity contribution in [3.05, 3.63) is 52.7 Å². The first-order valence-corrected chi connectivity index (χ1v) is 7.47. The lowest BCUT2D eigenvalue weighted by atomic mass is 10.3. The Balaban J connectivity index is 1.71. The van der Waals surface area contributed by atoms with E-state index in [2.05, 4.69) is 17.1 Å². The van der Waals surface area contributed by atoms with Crippen LogP contribution in [0.5, 0.6) is 0 Å². The molecule has 2 aromatic heterocycles. The minimum atomic E-state index is 0.189. The first kappa shape index (κ1) is 11.6. The molecule has 0 fully saturated rings. The summed E-state index contributed by atoms with van der Waals surface area (Å²) >= 11 is 3.05. The average Bonchev–Trinajstić information content (AvgIpc) is 3.04. The number of nitrogens with one attached hydrogen (secondary N) is 1. The van der Waals surface area contributed by atoms with Crippen LogP contribution in [0.2, 0.25) is 0 Å². The van der Waals surface area contributed by atoms with Gasteiger partial charge in [-0.3, -0.25) is 4.79 Å². The second-order valence-corrected chi connectivity index (χ2v) is 5.87. The van der Waals surface area contributed by atoms with Crippen LogP contribution in [0.25, 0.3) is 10.9 Å². The number of hydrogen-bond acceptors (Lipinski definition) is 3. The highest BCUT2D eigenvalue weighted by atomic mass is 32.2. The van der Waals surface area contributed by atoms with E-state index in [1.165, 1.54) is 16.7 Å². The zero-order valence-corrected chi connectivity index (χ0v) is 11.2. The second-order valence-electron chi connectivity index (χ2n) is 3.91. The lowest BCUT2D eigenvalue weighted by molar-refractivity contribution is 0.102. The van der Waals surface area contributed by atoms with Gasteiger partial charge in [0.2, 0.25) is 0 Å². The number of aromatic amines is 1. The third-order valence-corrected chi connectivity index (χ3v) is 4.51. The molecule has 0 saturated heterocycles. The van der Waals surface area contributed by atoms with E-state index in [1.807, 2.05) is 35.7 Å². The molecule has 0 bridgehead atoms. The number of thioether (sulfide) groups is 1. The molecule has 0 amide bonds. The summed E-state index contributed by atoms with van der Waals surface area (Å²) in [6.45, 7) is 0. The van der Waals surface area contributed by atoms with Gasteiger partial charge in [-0.15, -0.1) is 23.1 Å².